The minimum absolute atomic E-state index is 0.0570. The Bertz CT molecular complexity index is 395. The standard InChI is InChI=1S/C13H18F2N2O/c14-12-2-1-9(7-13(12)15)5-11(17-16)6-10-3-4-18-8-10/h1-2,7,10-11,17H,3-6,8,16H2. The molecule has 1 aromatic carbocycles. The lowest BCUT2D eigenvalue weighted by molar-refractivity contribution is 0.181. The first kappa shape index (κ1) is 13.4. The summed E-state index contributed by atoms with van der Waals surface area (Å²) in [6.07, 6.45) is 2.51. The van der Waals surface area contributed by atoms with Crippen LogP contribution in [0.3, 0.4) is 0 Å². The van der Waals surface area contributed by atoms with Crippen molar-refractivity contribution >= 4 is 0 Å². The third-order valence-corrected chi connectivity index (χ3v) is 3.34. The Labute approximate surface area is 105 Å². The van der Waals surface area contributed by atoms with E-state index in [0.29, 0.717) is 12.3 Å². The van der Waals surface area contributed by atoms with Crippen molar-refractivity contribution in [3.8, 4) is 0 Å². The number of nitrogens with two attached hydrogens (primary N) is 1. The zero-order valence-electron chi connectivity index (χ0n) is 10.2. The number of nitrogens with one attached hydrogen (secondary N) is 1. The topological polar surface area (TPSA) is 47.3 Å². The highest BCUT2D eigenvalue weighted by Crippen LogP contribution is 2.20. The molecule has 1 heterocycles. The quantitative estimate of drug-likeness (QED) is 0.623. The van der Waals surface area contributed by atoms with Crippen LogP contribution in [0.1, 0.15) is 18.4 Å². The van der Waals surface area contributed by atoms with Crippen molar-refractivity contribution in [3.05, 3.63) is 35.4 Å². The minimum atomic E-state index is -0.819. The van der Waals surface area contributed by atoms with Crippen LogP contribution < -0.4 is 11.3 Å². The first-order valence-electron chi connectivity index (χ1n) is 6.17. The second kappa shape index (κ2) is 6.22. The van der Waals surface area contributed by atoms with Crippen LogP contribution in [0, 0.1) is 17.6 Å². The maximum absolute atomic E-state index is 13.1. The molecule has 0 aromatic heterocycles. The minimum Gasteiger partial charge on any atom is -0.381 e. The molecule has 2 rings (SSSR count). The number of halogens is 2. The van der Waals surface area contributed by atoms with Crippen molar-refractivity contribution < 1.29 is 13.5 Å². The lowest BCUT2D eigenvalue weighted by Gasteiger charge is -2.19. The highest BCUT2D eigenvalue weighted by molar-refractivity contribution is 5.18. The van der Waals surface area contributed by atoms with Crippen LogP contribution in [0.5, 0.6) is 0 Å². The zero-order valence-corrected chi connectivity index (χ0v) is 10.2. The van der Waals surface area contributed by atoms with E-state index in [2.05, 4.69) is 5.43 Å². The summed E-state index contributed by atoms with van der Waals surface area (Å²) in [5, 5.41) is 0. The molecule has 3 nitrogen and oxygen atoms in total. The number of benzene rings is 1. The second-order valence-electron chi connectivity index (χ2n) is 4.78. The van der Waals surface area contributed by atoms with Gasteiger partial charge in [0.15, 0.2) is 11.6 Å². The van der Waals surface area contributed by atoms with Crippen LogP contribution in [-0.2, 0) is 11.2 Å². The summed E-state index contributed by atoms with van der Waals surface area (Å²) in [5.74, 6) is 4.37. The summed E-state index contributed by atoms with van der Waals surface area (Å²) in [4.78, 5) is 0. The highest BCUT2D eigenvalue weighted by Gasteiger charge is 2.20. The van der Waals surface area contributed by atoms with Gasteiger partial charge in [-0.05, 0) is 42.9 Å². The number of hydrazine groups is 1. The van der Waals surface area contributed by atoms with Crippen molar-refractivity contribution in [1.29, 1.82) is 0 Å². The fourth-order valence-electron chi connectivity index (χ4n) is 2.33. The van der Waals surface area contributed by atoms with Gasteiger partial charge in [-0.3, -0.25) is 11.3 Å². The molecule has 2 unspecified atom stereocenters. The molecule has 0 spiro atoms. The summed E-state index contributed by atoms with van der Waals surface area (Å²) in [6, 6.07) is 4.02. The smallest absolute Gasteiger partial charge is 0.159 e. The van der Waals surface area contributed by atoms with E-state index >= 15 is 0 Å². The summed E-state index contributed by atoms with van der Waals surface area (Å²) >= 11 is 0. The van der Waals surface area contributed by atoms with Gasteiger partial charge in [0.25, 0.3) is 0 Å². The van der Waals surface area contributed by atoms with E-state index in [1.807, 2.05) is 0 Å². The van der Waals surface area contributed by atoms with Crippen LogP contribution in [-0.4, -0.2) is 19.3 Å². The molecule has 0 aliphatic carbocycles. The van der Waals surface area contributed by atoms with E-state index in [-0.39, 0.29) is 6.04 Å². The Balaban J connectivity index is 1.94. The van der Waals surface area contributed by atoms with Gasteiger partial charge >= 0.3 is 0 Å². The molecular formula is C13H18F2N2O. The lowest BCUT2D eigenvalue weighted by Crippen LogP contribution is -2.38. The van der Waals surface area contributed by atoms with Crippen molar-refractivity contribution in [3.63, 3.8) is 0 Å². The molecule has 0 saturated carbocycles. The first-order valence-corrected chi connectivity index (χ1v) is 6.17. The molecule has 1 saturated heterocycles. The van der Waals surface area contributed by atoms with E-state index < -0.39 is 11.6 Å². The molecule has 1 aromatic rings. The predicted octanol–water partition coefficient (Wildman–Crippen LogP) is 1.77. The fourth-order valence-corrected chi connectivity index (χ4v) is 2.33. The molecule has 1 aliphatic heterocycles. The Morgan fingerprint density at radius 1 is 1.39 bits per heavy atom. The number of hydrogen-bond acceptors (Lipinski definition) is 3. The third-order valence-electron chi connectivity index (χ3n) is 3.34. The molecule has 1 aliphatic rings. The van der Waals surface area contributed by atoms with Gasteiger partial charge in [-0.1, -0.05) is 6.07 Å². The summed E-state index contributed by atoms with van der Waals surface area (Å²) < 4.78 is 31.2. The van der Waals surface area contributed by atoms with Crippen molar-refractivity contribution in [2.75, 3.05) is 13.2 Å². The molecule has 1 fully saturated rings. The largest absolute Gasteiger partial charge is 0.381 e. The van der Waals surface area contributed by atoms with E-state index in [1.165, 1.54) is 6.07 Å². The zero-order chi connectivity index (χ0) is 13.0. The van der Waals surface area contributed by atoms with Gasteiger partial charge in [-0.25, -0.2) is 8.78 Å². The molecule has 3 N–H and O–H groups in total. The van der Waals surface area contributed by atoms with Crippen LogP contribution in [0.15, 0.2) is 18.2 Å². The molecule has 100 valence electrons. The SMILES string of the molecule is NNC(Cc1ccc(F)c(F)c1)CC1CCOC1. The van der Waals surface area contributed by atoms with Crippen molar-refractivity contribution in [1.82, 2.24) is 5.43 Å². The maximum Gasteiger partial charge on any atom is 0.159 e. The van der Waals surface area contributed by atoms with Gasteiger partial charge in [-0.2, -0.15) is 0 Å². The van der Waals surface area contributed by atoms with Gasteiger partial charge < -0.3 is 4.74 Å². The average Bonchev–Trinajstić information content (AvgIpc) is 2.86. The Morgan fingerprint density at radius 2 is 2.22 bits per heavy atom. The second-order valence-corrected chi connectivity index (χ2v) is 4.78. The van der Waals surface area contributed by atoms with E-state index in [9.17, 15) is 8.78 Å². The van der Waals surface area contributed by atoms with Crippen molar-refractivity contribution in [2.24, 2.45) is 11.8 Å². The van der Waals surface area contributed by atoms with Crippen LogP contribution in [0.4, 0.5) is 8.78 Å². The van der Waals surface area contributed by atoms with E-state index in [0.717, 1.165) is 37.7 Å². The van der Waals surface area contributed by atoms with Crippen LogP contribution in [0.25, 0.3) is 0 Å². The normalized spacial score (nSPS) is 21.2. The van der Waals surface area contributed by atoms with Gasteiger partial charge in [0, 0.05) is 19.3 Å². The maximum atomic E-state index is 13.1. The van der Waals surface area contributed by atoms with Gasteiger partial charge in [0.1, 0.15) is 0 Å². The number of rotatable bonds is 5. The summed E-state index contributed by atoms with van der Waals surface area (Å²) in [6.45, 7) is 1.56. The Morgan fingerprint density at radius 3 is 2.83 bits per heavy atom. The molecule has 2 atom stereocenters. The fraction of sp³-hybridized carbons (Fsp3) is 0.538. The van der Waals surface area contributed by atoms with Gasteiger partial charge in [0.05, 0.1) is 0 Å². The molecule has 0 bridgehead atoms. The van der Waals surface area contributed by atoms with E-state index in [4.69, 9.17) is 10.6 Å². The average molecular weight is 256 g/mol. The van der Waals surface area contributed by atoms with E-state index in [1.54, 1.807) is 6.07 Å². The Hall–Kier alpha value is -1.04. The lowest BCUT2D eigenvalue weighted by atomic mass is 9.95. The van der Waals surface area contributed by atoms with Crippen LogP contribution in [0.2, 0.25) is 0 Å². The summed E-state index contributed by atoms with van der Waals surface area (Å²) in [5.41, 5.74) is 3.49. The predicted molar refractivity (Wildman–Crippen MR) is 64.7 cm³/mol. The van der Waals surface area contributed by atoms with Crippen LogP contribution >= 0.6 is 0 Å². The molecule has 0 amide bonds. The molecule has 0 radical (unpaired) electrons. The third kappa shape index (κ3) is 3.48. The molecule has 18 heavy (non-hydrogen) atoms. The van der Waals surface area contributed by atoms with Crippen molar-refractivity contribution in [2.45, 2.75) is 25.3 Å². The van der Waals surface area contributed by atoms with Gasteiger partial charge in [-0.15, -0.1) is 0 Å². The molecule has 5 heteroatoms. The Kier molecular flexibility index (Phi) is 4.63. The monoisotopic (exact) mass is 256 g/mol. The number of ether oxygens (including phenoxy) is 1. The van der Waals surface area contributed by atoms with Gasteiger partial charge in [0.2, 0.25) is 0 Å². The first-order chi connectivity index (χ1) is 8.69. The molecular weight excluding hydrogens is 238 g/mol. The number of hydrogen-bond donors (Lipinski definition) is 2. The summed E-state index contributed by atoms with van der Waals surface area (Å²) in [7, 11) is 0. The highest BCUT2D eigenvalue weighted by atomic mass is 19.2.